The Hall–Kier alpha value is -2.94. The fraction of sp³-hybridized carbons (Fsp3) is 0.435. The molecule has 9 nitrogen and oxygen atoms in total. The lowest BCUT2D eigenvalue weighted by atomic mass is 10.2. The van der Waals surface area contributed by atoms with E-state index in [9.17, 15) is 13.2 Å². The van der Waals surface area contributed by atoms with Crippen molar-refractivity contribution in [1.29, 1.82) is 0 Å². The molecule has 0 aromatic carbocycles. The minimum atomic E-state index is -3.80. The normalized spacial score (nSPS) is 17.0. The Morgan fingerprint density at radius 1 is 1.26 bits per heavy atom. The molecule has 1 amide bonds. The van der Waals surface area contributed by atoms with Crippen molar-refractivity contribution in [3.63, 3.8) is 0 Å². The molecule has 1 saturated heterocycles. The Morgan fingerprint density at radius 2 is 2.00 bits per heavy atom. The highest BCUT2D eigenvalue weighted by Crippen LogP contribution is 2.30. The second kappa shape index (κ2) is 10.1. The molecular weight excluding hydrogens is 474 g/mol. The van der Waals surface area contributed by atoms with Crippen LogP contribution in [-0.2, 0) is 14.8 Å². The van der Waals surface area contributed by atoms with Crippen molar-refractivity contribution in [2.45, 2.75) is 51.2 Å². The first-order chi connectivity index (χ1) is 15.9. The van der Waals surface area contributed by atoms with Gasteiger partial charge in [-0.3, -0.25) is 5.32 Å². The average Bonchev–Trinajstić information content (AvgIpc) is 3.23. The molecule has 1 aliphatic heterocycles. The van der Waals surface area contributed by atoms with Crippen LogP contribution in [0.1, 0.15) is 39.5 Å². The van der Waals surface area contributed by atoms with Gasteiger partial charge in [-0.25, -0.2) is 23.2 Å². The first-order valence-corrected chi connectivity index (χ1v) is 12.9. The quantitative estimate of drug-likeness (QED) is 0.619. The van der Waals surface area contributed by atoms with E-state index in [1.54, 1.807) is 33.9 Å². The number of ether oxygens (including phenoxy) is 1. The van der Waals surface area contributed by atoms with Crippen molar-refractivity contribution in [3.05, 3.63) is 36.0 Å². The SMILES string of the molecule is C=C(C)c1cnc(N2CCN(S(=O)(=O)c3ccc(NC(=O)OC(C)(C)C)nc3)CC2C#CC)s1. The largest absolute Gasteiger partial charge is 0.444 e. The van der Waals surface area contributed by atoms with E-state index < -0.39 is 21.7 Å². The number of carbonyl (C=O) groups excluding carboxylic acids is 1. The zero-order valence-corrected chi connectivity index (χ0v) is 21.6. The lowest BCUT2D eigenvalue weighted by Gasteiger charge is -2.38. The van der Waals surface area contributed by atoms with Crippen LogP contribution in [0.15, 0.2) is 36.0 Å². The van der Waals surface area contributed by atoms with Crippen molar-refractivity contribution in [2.24, 2.45) is 0 Å². The zero-order valence-electron chi connectivity index (χ0n) is 20.0. The van der Waals surface area contributed by atoms with Crippen molar-refractivity contribution < 1.29 is 17.9 Å². The van der Waals surface area contributed by atoms with E-state index in [1.807, 2.05) is 11.8 Å². The predicted octanol–water partition coefficient (Wildman–Crippen LogP) is 3.82. The van der Waals surface area contributed by atoms with Crippen LogP contribution in [0.25, 0.3) is 5.57 Å². The molecule has 0 spiro atoms. The van der Waals surface area contributed by atoms with Gasteiger partial charge in [0, 0.05) is 32.0 Å². The maximum Gasteiger partial charge on any atom is 0.413 e. The number of nitrogens with one attached hydrogen (secondary N) is 1. The van der Waals surface area contributed by atoms with Gasteiger partial charge in [-0.1, -0.05) is 23.8 Å². The summed E-state index contributed by atoms with van der Waals surface area (Å²) in [6.45, 7) is 13.8. The van der Waals surface area contributed by atoms with Gasteiger partial charge in [0.1, 0.15) is 22.4 Å². The van der Waals surface area contributed by atoms with E-state index in [4.69, 9.17) is 4.74 Å². The lowest BCUT2D eigenvalue weighted by Crippen LogP contribution is -2.54. The lowest BCUT2D eigenvalue weighted by molar-refractivity contribution is 0.0635. The summed E-state index contributed by atoms with van der Waals surface area (Å²) < 4.78 is 33.1. The summed E-state index contributed by atoms with van der Waals surface area (Å²) >= 11 is 1.52. The third-order valence-electron chi connectivity index (χ3n) is 4.82. The van der Waals surface area contributed by atoms with Gasteiger partial charge in [0.05, 0.1) is 4.88 Å². The molecule has 0 aliphatic carbocycles. The molecule has 1 aliphatic rings. The van der Waals surface area contributed by atoms with Gasteiger partial charge in [-0.15, -0.1) is 5.92 Å². The van der Waals surface area contributed by atoms with Gasteiger partial charge < -0.3 is 9.64 Å². The Morgan fingerprint density at radius 3 is 2.56 bits per heavy atom. The maximum absolute atomic E-state index is 13.3. The summed E-state index contributed by atoms with van der Waals surface area (Å²) in [5.41, 5.74) is 0.276. The number of pyridine rings is 1. The first-order valence-electron chi connectivity index (χ1n) is 10.7. The molecule has 1 atom stereocenters. The van der Waals surface area contributed by atoms with Crippen molar-refractivity contribution in [1.82, 2.24) is 14.3 Å². The van der Waals surface area contributed by atoms with Gasteiger partial charge >= 0.3 is 6.09 Å². The fourth-order valence-electron chi connectivity index (χ4n) is 3.25. The highest BCUT2D eigenvalue weighted by atomic mass is 32.2. The number of nitrogens with zero attached hydrogens (tertiary/aromatic N) is 4. The number of aromatic nitrogens is 2. The number of anilines is 2. The van der Waals surface area contributed by atoms with Gasteiger partial charge in [0.25, 0.3) is 0 Å². The van der Waals surface area contributed by atoms with Gasteiger partial charge in [0.2, 0.25) is 10.0 Å². The van der Waals surface area contributed by atoms with Crippen molar-refractivity contribution >= 4 is 44.0 Å². The molecule has 11 heteroatoms. The molecule has 0 radical (unpaired) electrons. The number of rotatable bonds is 5. The summed E-state index contributed by atoms with van der Waals surface area (Å²) in [7, 11) is -3.80. The number of amides is 1. The molecule has 2 aromatic heterocycles. The van der Waals surface area contributed by atoms with Crippen molar-refractivity contribution in [2.75, 3.05) is 29.9 Å². The molecule has 1 unspecified atom stereocenters. The van der Waals surface area contributed by atoms with Crippen LogP contribution < -0.4 is 10.2 Å². The average molecular weight is 504 g/mol. The minimum Gasteiger partial charge on any atom is -0.444 e. The Kier molecular flexibility index (Phi) is 7.65. The molecule has 1 fully saturated rings. The van der Waals surface area contributed by atoms with Gasteiger partial charge in [-0.2, -0.15) is 4.31 Å². The monoisotopic (exact) mass is 503 g/mol. The molecule has 3 heterocycles. The van der Waals surface area contributed by atoms with Crippen LogP contribution in [-0.4, -0.2) is 60.1 Å². The molecule has 34 heavy (non-hydrogen) atoms. The Labute approximate surface area is 204 Å². The number of allylic oxidation sites excluding steroid dienone is 1. The maximum atomic E-state index is 13.3. The summed E-state index contributed by atoms with van der Waals surface area (Å²) in [6.07, 6.45) is 2.35. The number of hydrogen-bond donors (Lipinski definition) is 1. The van der Waals surface area contributed by atoms with E-state index in [2.05, 4.69) is 33.7 Å². The predicted molar refractivity (Wildman–Crippen MR) is 134 cm³/mol. The van der Waals surface area contributed by atoms with Crippen molar-refractivity contribution in [3.8, 4) is 11.8 Å². The van der Waals surface area contributed by atoms with Crippen LogP contribution in [0.5, 0.6) is 0 Å². The van der Waals surface area contributed by atoms with E-state index in [1.165, 1.54) is 34.0 Å². The number of sulfonamides is 1. The third kappa shape index (κ3) is 6.14. The molecule has 182 valence electrons. The third-order valence-corrected chi connectivity index (χ3v) is 7.86. The molecular formula is C23H29N5O4S2. The molecule has 0 bridgehead atoms. The minimum absolute atomic E-state index is 0.0395. The Bertz CT molecular complexity index is 1220. The zero-order chi connectivity index (χ0) is 25.1. The summed E-state index contributed by atoms with van der Waals surface area (Å²) in [5, 5.41) is 3.29. The second-order valence-electron chi connectivity index (χ2n) is 8.76. The number of thiazole rings is 1. The summed E-state index contributed by atoms with van der Waals surface area (Å²) in [5.74, 6) is 6.21. The smallest absolute Gasteiger partial charge is 0.413 e. The highest BCUT2D eigenvalue weighted by molar-refractivity contribution is 7.89. The highest BCUT2D eigenvalue weighted by Gasteiger charge is 2.35. The first kappa shape index (κ1) is 25.7. The fourth-order valence-corrected chi connectivity index (χ4v) is 5.56. The standard InChI is InChI=1S/C23H29N5O4S2/c1-7-8-17-15-27(11-12-28(17)21-25-14-19(33-21)16(2)3)34(30,31)18-9-10-20(24-13-18)26-22(29)32-23(4,5)6/h9-10,13-14,17H,2,11-12,15H2,1,3-6H3,(H,24,26,29). The number of carbonyl (C=O) groups is 1. The van der Waals surface area contributed by atoms with E-state index >= 15 is 0 Å². The van der Waals surface area contributed by atoms with Gasteiger partial charge in [-0.05, 0) is 52.3 Å². The van der Waals surface area contributed by atoms with E-state index in [0.717, 1.165) is 15.6 Å². The molecule has 2 aromatic rings. The molecule has 1 N–H and O–H groups in total. The van der Waals surface area contributed by atoms with Crippen LogP contribution >= 0.6 is 11.3 Å². The van der Waals surface area contributed by atoms with E-state index in [-0.39, 0.29) is 29.8 Å². The second-order valence-corrected chi connectivity index (χ2v) is 11.7. The van der Waals surface area contributed by atoms with Crippen LogP contribution in [0.3, 0.4) is 0 Å². The van der Waals surface area contributed by atoms with Crippen LogP contribution in [0.2, 0.25) is 0 Å². The number of piperazine rings is 1. The molecule has 3 rings (SSSR count). The number of hydrogen-bond acceptors (Lipinski definition) is 8. The molecule has 0 saturated carbocycles. The topological polar surface area (TPSA) is 105 Å². The van der Waals surface area contributed by atoms with E-state index in [0.29, 0.717) is 6.54 Å². The Balaban J connectivity index is 1.74. The van der Waals surface area contributed by atoms with Crippen LogP contribution in [0, 0.1) is 11.8 Å². The summed E-state index contributed by atoms with van der Waals surface area (Å²) in [4.78, 5) is 23.5. The van der Waals surface area contributed by atoms with Crippen LogP contribution in [0.4, 0.5) is 15.7 Å². The van der Waals surface area contributed by atoms with Gasteiger partial charge in [0.15, 0.2) is 5.13 Å². The summed E-state index contributed by atoms with van der Waals surface area (Å²) in [6, 6.07) is 2.52.